The van der Waals surface area contributed by atoms with Gasteiger partial charge in [0.15, 0.2) is 11.5 Å². The van der Waals surface area contributed by atoms with Crippen molar-refractivity contribution in [2.75, 3.05) is 32.7 Å². The maximum Gasteiger partial charge on any atom is 0.339 e. The third kappa shape index (κ3) is 6.51. The zero-order valence-electron chi connectivity index (χ0n) is 19.6. The van der Waals surface area contributed by atoms with Crippen LogP contribution in [0.5, 0.6) is 11.5 Å². The van der Waals surface area contributed by atoms with E-state index < -0.39 is 29.6 Å². The molecule has 1 N–H and O–H groups in total. The molecule has 1 fully saturated rings. The molecule has 1 aliphatic rings. The molecule has 0 saturated carbocycles. The first-order valence-electron chi connectivity index (χ1n) is 10.6. The van der Waals surface area contributed by atoms with Gasteiger partial charge in [-0.3, -0.25) is 19.3 Å². The summed E-state index contributed by atoms with van der Waals surface area (Å²) in [5.41, 5.74) is 0.980. The smallest absolute Gasteiger partial charge is 0.339 e. The Bertz CT molecular complexity index is 1250. The molecule has 1 heterocycles. The molecule has 9 nitrogen and oxygen atoms in total. The number of thioether (sulfide) groups is 1. The average Bonchev–Trinajstić information content (AvgIpc) is 3.10. The van der Waals surface area contributed by atoms with Crippen LogP contribution in [0.2, 0.25) is 5.02 Å². The molecule has 0 aliphatic carbocycles. The predicted molar refractivity (Wildman–Crippen MR) is 146 cm³/mol. The Morgan fingerprint density at radius 1 is 1.19 bits per heavy atom. The van der Waals surface area contributed by atoms with Crippen molar-refractivity contribution in [2.24, 2.45) is 0 Å². The van der Waals surface area contributed by atoms with Gasteiger partial charge in [0.1, 0.15) is 6.54 Å². The Morgan fingerprint density at radius 2 is 1.94 bits per heavy atom. The number of imide groups is 1. The highest BCUT2D eigenvalue weighted by molar-refractivity contribution is 14.1. The van der Waals surface area contributed by atoms with E-state index in [0.717, 1.165) is 26.7 Å². The number of methoxy groups -OCH3 is 2. The van der Waals surface area contributed by atoms with E-state index in [4.69, 9.17) is 21.1 Å². The van der Waals surface area contributed by atoms with E-state index in [-0.39, 0.29) is 21.2 Å². The van der Waals surface area contributed by atoms with Gasteiger partial charge in [0.25, 0.3) is 11.1 Å². The lowest BCUT2D eigenvalue weighted by atomic mass is 10.2. The molecule has 0 spiro atoms. The molecule has 0 aromatic heterocycles. The van der Waals surface area contributed by atoms with Gasteiger partial charge in [-0.2, -0.15) is 0 Å². The highest BCUT2D eigenvalue weighted by atomic mass is 127. The van der Waals surface area contributed by atoms with Gasteiger partial charge >= 0.3 is 5.97 Å². The number of carbonyl (C=O) groups is 4. The Balaban J connectivity index is 1.74. The summed E-state index contributed by atoms with van der Waals surface area (Å²) in [5.74, 6) is -0.755. The van der Waals surface area contributed by atoms with Gasteiger partial charge in [-0.1, -0.05) is 18.5 Å². The first kappa shape index (κ1) is 27.8. The number of esters is 1. The number of hydrogen-bond donors (Lipinski definition) is 1. The largest absolute Gasteiger partial charge is 0.493 e. The molecule has 190 valence electrons. The van der Waals surface area contributed by atoms with Gasteiger partial charge in [-0.05, 0) is 82.7 Å². The fourth-order valence-electron chi connectivity index (χ4n) is 3.17. The molecule has 1 saturated heterocycles. The second-order valence-electron chi connectivity index (χ2n) is 7.38. The molecule has 12 heteroatoms. The summed E-state index contributed by atoms with van der Waals surface area (Å²) >= 11 is 8.85. The third-order valence-electron chi connectivity index (χ3n) is 4.83. The minimum Gasteiger partial charge on any atom is -0.493 e. The lowest BCUT2D eigenvalue weighted by Crippen LogP contribution is -2.36. The van der Waals surface area contributed by atoms with Gasteiger partial charge in [0, 0.05) is 5.69 Å². The van der Waals surface area contributed by atoms with Crippen LogP contribution in [0, 0.1) is 3.57 Å². The summed E-state index contributed by atoms with van der Waals surface area (Å²) in [7, 11) is 2.73. The zero-order valence-corrected chi connectivity index (χ0v) is 23.3. The minimum absolute atomic E-state index is 0.0715. The maximum atomic E-state index is 12.9. The van der Waals surface area contributed by atoms with Crippen LogP contribution in [-0.2, 0) is 14.3 Å². The highest BCUT2D eigenvalue weighted by Gasteiger charge is 2.36. The number of ether oxygens (including phenoxy) is 3. The van der Waals surface area contributed by atoms with E-state index in [1.165, 1.54) is 32.4 Å². The summed E-state index contributed by atoms with van der Waals surface area (Å²) in [4.78, 5) is 50.7. The number of benzene rings is 2. The van der Waals surface area contributed by atoms with Crippen LogP contribution in [0.4, 0.5) is 10.5 Å². The van der Waals surface area contributed by atoms with Crippen LogP contribution in [-0.4, -0.2) is 55.3 Å². The van der Waals surface area contributed by atoms with Crippen molar-refractivity contribution in [1.82, 2.24) is 4.90 Å². The number of amides is 3. The van der Waals surface area contributed by atoms with Gasteiger partial charge in [-0.25, -0.2) is 4.79 Å². The number of rotatable bonds is 9. The zero-order chi connectivity index (χ0) is 26.4. The summed E-state index contributed by atoms with van der Waals surface area (Å²) in [5, 5.41) is 2.14. The van der Waals surface area contributed by atoms with Crippen molar-refractivity contribution in [3.05, 3.63) is 55.0 Å². The molecule has 1 aliphatic heterocycles. The predicted octanol–water partition coefficient (Wildman–Crippen LogP) is 5.20. The molecular formula is C24H22ClIN2O7S. The fraction of sp³-hybridized carbons (Fsp3) is 0.250. The van der Waals surface area contributed by atoms with Crippen LogP contribution in [0.1, 0.15) is 29.3 Å². The van der Waals surface area contributed by atoms with Crippen molar-refractivity contribution in [1.29, 1.82) is 0 Å². The molecular weight excluding hydrogens is 623 g/mol. The van der Waals surface area contributed by atoms with Crippen molar-refractivity contribution in [3.8, 4) is 11.5 Å². The van der Waals surface area contributed by atoms with Crippen molar-refractivity contribution >= 4 is 80.7 Å². The van der Waals surface area contributed by atoms with Crippen LogP contribution in [0.3, 0.4) is 0 Å². The molecule has 0 unspecified atom stereocenters. The molecule has 0 atom stereocenters. The summed E-state index contributed by atoms with van der Waals surface area (Å²) < 4.78 is 16.6. The van der Waals surface area contributed by atoms with Crippen LogP contribution >= 0.6 is 46.0 Å². The molecule has 2 aromatic rings. The molecule has 0 radical (unpaired) electrons. The second-order valence-corrected chi connectivity index (χ2v) is 9.95. The summed E-state index contributed by atoms with van der Waals surface area (Å²) in [6, 6.07) is 7.80. The van der Waals surface area contributed by atoms with Crippen molar-refractivity contribution in [2.45, 2.75) is 13.3 Å². The first-order valence-corrected chi connectivity index (χ1v) is 12.9. The van der Waals surface area contributed by atoms with E-state index in [0.29, 0.717) is 23.7 Å². The van der Waals surface area contributed by atoms with Crippen LogP contribution < -0.4 is 14.8 Å². The van der Waals surface area contributed by atoms with Gasteiger partial charge in [0.2, 0.25) is 5.91 Å². The Hall–Kier alpha value is -2.77. The molecule has 3 amide bonds. The molecule has 36 heavy (non-hydrogen) atoms. The van der Waals surface area contributed by atoms with E-state index in [1.54, 1.807) is 12.1 Å². The van der Waals surface area contributed by atoms with E-state index >= 15 is 0 Å². The summed E-state index contributed by atoms with van der Waals surface area (Å²) in [6.45, 7) is 2.04. The Labute approximate surface area is 230 Å². The second kappa shape index (κ2) is 12.5. The standard InChI is InChI=1S/C24H22ClIN2O7S/c1-4-7-35-21-17(26)8-13(9-18(21)33-2)10-19-22(30)28(24(32)36-19)12-20(29)27-14-5-6-16(25)15(11-14)23(31)34-3/h5-6,8-11H,4,7,12H2,1-3H3,(H,27,29)/b19-10-. The van der Waals surface area contributed by atoms with Gasteiger partial charge in [0.05, 0.1) is 39.9 Å². The highest BCUT2D eigenvalue weighted by Crippen LogP contribution is 2.37. The lowest BCUT2D eigenvalue weighted by molar-refractivity contribution is -0.127. The topological polar surface area (TPSA) is 111 Å². The van der Waals surface area contributed by atoms with Crippen LogP contribution in [0.25, 0.3) is 6.08 Å². The quantitative estimate of drug-likeness (QED) is 0.225. The number of anilines is 1. The van der Waals surface area contributed by atoms with Crippen molar-refractivity contribution < 1.29 is 33.4 Å². The number of halogens is 2. The number of carbonyl (C=O) groups excluding carboxylic acids is 4. The monoisotopic (exact) mass is 644 g/mol. The van der Waals surface area contributed by atoms with E-state index in [1.807, 2.05) is 13.0 Å². The van der Waals surface area contributed by atoms with Crippen LogP contribution in [0.15, 0.2) is 35.2 Å². The van der Waals surface area contributed by atoms with E-state index in [9.17, 15) is 19.2 Å². The van der Waals surface area contributed by atoms with Crippen molar-refractivity contribution in [3.63, 3.8) is 0 Å². The Kier molecular flexibility index (Phi) is 9.63. The number of nitrogens with one attached hydrogen (secondary N) is 1. The first-order chi connectivity index (χ1) is 17.2. The normalized spacial score (nSPS) is 14.2. The minimum atomic E-state index is -0.663. The van der Waals surface area contributed by atoms with Gasteiger partial charge < -0.3 is 19.5 Å². The van der Waals surface area contributed by atoms with Gasteiger partial charge in [-0.15, -0.1) is 0 Å². The van der Waals surface area contributed by atoms with E-state index in [2.05, 4.69) is 32.6 Å². The molecule has 3 rings (SSSR count). The number of nitrogens with zero attached hydrogens (tertiary/aromatic N) is 1. The molecule has 2 aromatic carbocycles. The maximum absolute atomic E-state index is 12.9. The SMILES string of the molecule is CCCOc1c(I)cc(/C=C2\SC(=O)N(CC(=O)Nc3ccc(Cl)c(C(=O)OC)c3)C2=O)cc1OC. The third-order valence-corrected chi connectivity index (χ3v) is 6.87. The molecule has 0 bridgehead atoms. The average molecular weight is 645 g/mol. The Morgan fingerprint density at radius 3 is 2.61 bits per heavy atom. The fourth-order valence-corrected chi connectivity index (χ4v) is 4.98. The lowest BCUT2D eigenvalue weighted by Gasteiger charge is -2.14. The number of hydrogen-bond acceptors (Lipinski definition) is 8. The summed E-state index contributed by atoms with van der Waals surface area (Å²) in [6.07, 6.45) is 2.41.